The van der Waals surface area contributed by atoms with E-state index in [1.54, 1.807) is 45.0 Å². The molecule has 462 valence electrons. The highest BCUT2D eigenvalue weighted by Gasteiger charge is 2.50. The van der Waals surface area contributed by atoms with Crippen molar-refractivity contribution in [3.8, 4) is 11.5 Å². The van der Waals surface area contributed by atoms with Crippen molar-refractivity contribution in [2.45, 2.75) is 178 Å². The monoisotopic (exact) mass is 1170 g/mol. The van der Waals surface area contributed by atoms with Crippen LogP contribution in [0.3, 0.4) is 0 Å². The van der Waals surface area contributed by atoms with Crippen molar-refractivity contribution in [2.75, 3.05) is 39.4 Å². The third-order valence-electron chi connectivity index (χ3n) is 14.0. The molecule has 0 saturated carbocycles. The Bertz CT molecular complexity index is 2580. The summed E-state index contributed by atoms with van der Waals surface area (Å²) in [4.78, 5) is 117. The van der Waals surface area contributed by atoms with Gasteiger partial charge in [0.1, 0.15) is 54.1 Å². The lowest BCUT2D eigenvalue weighted by molar-refractivity contribution is -0.147. The molecular weight excluding hydrogens is 1090 g/mol. The first-order chi connectivity index (χ1) is 38.8. The summed E-state index contributed by atoms with van der Waals surface area (Å²) in [6.07, 6.45) is -15.3. The molecule has 0 spiro atoms. The smallest absolute Gasteiger partial charge is 0.410 e. The Morgan fingerprint density at radius 3 is 1.95 bits per heavy atom. The van der Waals surface area contributed by atoms with Gasteiger partial charge in [-0.25, -0.2) is 9.59 Å². The Morgan fingerprint density at radius 2 is 1.35 bits per heavy atom. The van der Waals surface area contributed by atoms with Crippen molar-refractivity contribution in [1.82, 2.24) is 41.3 Å². The summed E-state index contributed by atoms with van der Waals surface area (Å²) < 4.78 is 16.6. The van der Waals surface area contributed by atoms with Gasteiger partial charge in [-0.3, -0.25) is 28.8 Å². The molecule has 0 aromatic heterocycles. The number of fused-ring (bicyclic) bond motifs is 2. The number of ether oxygens (including phenoxy) is 3. The number of nitrogens with one attached hydrogen (secondary N) is 5. The molecule has 3 aliphatic heterocycles. The van der Waals surface area contributed by atoms with Crippen LogP contribution in [0.1, 0.15) is 85.8 Å². The first-order valence-corrected chi connectivity index (χ1v) is 27.4. The van der Waals surface area contributed by atoms with Crippen LogP contribution in [0.25, 0.3) is 0 Å². The molecule has 13 atom stereocenters. The van der Waals surface area contributed by atoms with Gasteiger partial charge in [0.25, 0.3) is 0 Å². The molecule has 0 bridgehead atoms. The number of phenolic OH excluding ortho intramolecular Hbond substituents is 1. The maximum absolute atomic E-state index is 15.1. The minimum absolute atomic E-state index is 0.0387. The van der Waals surface area contributed by atoms with E-state index in [1.807, 2.05) is 6.07 Å². The maximum atomic E-state index is 15.1. The van der Waals surface area contributed by atoms with Crippen LogP contribution in [0.4, 0.5) is 9.59 Å². The number of aliphatic hydroxyl groups is 8. The van der Waals surface area contributed by atoms with Crippen molar-refractivity contribution in [2.24, 2.45) is 5.92 Å². The van der Waals surface area contributed by atoms with Crippen molar-refractivity contribution >= 4 is 47.6 Å². The fraction of sp³-hybridized carbons (Fsp3) is 0.636. The third kappa shape index (κ3) is 18.5. The van der Waals surface area contributed by atoms with Gasteiger partial charge in [-0.15, -0.1) is 0 Å². The van der Waals surface area contributed by atoms with Gasteiger partial charge in [0, 0.05) is 51.4 Å². The first kappa shape index (κ1) is 66.9. The summed E-state index contributed by atoms with van der Waals surface area (Å²) >= 11 is 0. The number of alkyl carbamates (subject to hydrolysis) is 1. The normalized spacial score (nSPS) is 26.5. The lowest BCUT2D eigenvalue weighted by Gasteiger charge is -2.35. The van der Waals surface area contributed by atoms with Crippen LogP contribution >= 0.6 is 0 Å². The number of nitrogens with zero attached hydrogens (tertiary/aromatic N) is 3. The number of benzene rings is 2. The molecule has 5 rings (SSSR count). The third-order valence-corrected chi connectivity index (χ3v) is 14.0. The van der Waals surface area contributed by atoms with E-state index in [0.717, 1.165) is 27.2 Å². The minimum atomic E-state index is -2.19. The second-order valence-electron chi connectivity index (χ2n) is 23.2. The van der Waals surface area contributed by atoms with E-state index >= 15 is 9.59 Å². The SMILES string of the molecule is C[C@@H](O)C1NC(=O)[C@@H](NC(=O)OC(C)(C)C)C[C@@H](O)CNC(=O)[C@@H]2[C@@H](O)[C@@H](C)CN2C(=O)[C@H]([C@H](O)CCN(C(=O)OC(C)(C)C)C(CO)CO)NC(=O)[C@H]([C@H](O)Cc2ccc(OCc3ccccc3)c(O)c2)NC(=O)[C@@H]2C[C@@H](O)CN2C1=O. The van der Waals surface area contributed by atoms with Gasteiger partial charge >= 0.3 is 12.2 Å². The lowest BCUT2D eigenvalue weighted by atomic mass is 9.98. The topological polar surface area (TPSA) is 416 Å². The fourth-order valence-electron chi connectivity index (χ4n) is 9.71. The molecule has 0 radical (unpaired) electrons. The number of hydrogen-bond acceptors (Lipinski definition) is 20. The molecule has 3 saturated heterocycles. The molecule has 14 N–H and O–H groups in total. The average molecular weight is 1180 g/mol. The summed E-state index contributed by atoms with van der Waals surface area (Å²) in [7, 11) is 0. The van der Waals surface area contributed by atoms with Crippen LogP contribution in [0.2, 0.25) is 0 Å². The number of β-amino-alcohol motifs (C(OH)–C–C–N with tert-alkyl or cyclic N) is 1. The first-order valence-electron chi connectivity index (χ1n) is 27.4. The van der Waals surface area contributed by atoms with E-state index in [0.29, 0.717) is 0 Å². The van der Waals surface area contributed by atoms with E-state index in [2.05, 4.69) is 26.6 Å². The Morgan fingerprint density at radius 1 is 0.735 bits per heavy atom. The van der Waals surface area contributed by atoms with Crippen molar-refractivity contribution in [3.63, 3.8) is 0 Å². The van der Waals surface area contributed by atoms with Gasteiger partial charge in [0.15, 0.2) is 11.5 Å². The Labute approximate surface area is 480 Å². The Balaban J connectivity index is 1.62. The summed E-state index contributed by atoms with van der Waals surface area (Å²) in [5.41, 5.74) is -1.27. The highest BCUT2D eigenvalue weighted by Crippen LogP contribution is 2.30. The Hall–Kier alpha value is -6.92. The molecular formula is C55H82N8O20. The van der Waals surface area contributed by atoms with Gasteiger partial charge in [-0.1, -0.05) is 43.3 Å². The van der Waals surface area contributed by atoms with Crippen molar-refractivity contribution < 1.29 is 98.5 Å². The van der Waals surface area contributed by atoms with Crippen LogP contribution in [-0.4, -0.2) is 238 Å². The number of rotatable bonds is 15. The predicted molar refractivity (Wildman–Crippen MR) is 291 cm³/mol. The predicted octanol–water partition coefficient (Wildman–Crippen LogP) is -3.01. The molecule has 28 heteroatoms. The van der Waals surface area contributed by atoms with E-state index in [1.165, 1.54) is 45.9 Å². The van der Waals surface area contributed by atoms with E-state index in [4.69, 9.17) is 14.2 Å². The molecule has 2 aromatic carbocycles. The number of phenols is 1. The molecule has 3 aliphatic rings. The van der Waals surface area contributed by atoms with Crippen molar-refractivity contribution in [3.05, 3.63) is 59.7 Å². The summed E-state index contributed by atoms with van der Waals surface area (Å²) in [5, 5.41) is 112. The number of aliphatic hydroxyl groups excluding tert-OH is 8. The maximum Gasteiger partial charge on any atom is 0.410 e. The number of amides is 8. The van der Waals surface area contributed by atoms with Crippen molar-refractivity contribution in [1.29, 1.82) is 0 Å². The van der Waals surface area contributed by atoms with Gasteiger partial charge in [-0.05, 0) is 78.1 Å². The van der Waals surface area contributed by atoms with Gasteiger partial charge in [0.05, 0.1) is 55.9 Å². The highest BCUT2D eigenvalue weighted by molar-refractivity contribution is 5.98. The van der Waals surface area contributed by atoms with Crippen LogP contribution in [0.15, 0.2) is 48.5 Å². The highest BCUT2D eigenvalue weighted by atomic mass is 16.6. The number of carbonyl (C=O) groups is 8. The standard InChI is InChI=1S/C55H82N8O20/c1-28-23-63-44(45(28)72)49(76)56-22-33(67)20-35(57-52(79)82-54(3,4)5)46(73)58-41(29(2)66)50(77)62-24-34(68)21-36(62)47(74)59-42(39(71)19-31-14-15-40(38(70)18-31)81-27-30-12-10-9-11-13-30)48(75)60-43(51(63)78)37(69)16-17-61(32(25-64)26-65)53(80)83-55(6,7)8/h9-15,18,28-29,32-37,39,41-45,64-72H,16-17,19-27H2,1-8H3,(H,56,76)(H,57,79)(H,58,73)(H,59,74)(H,60,75)/t28-,29+,33+,34+,35-,36-,37+,39+,41?,42-,43-,44-,45-/m0/s1. The number of hydrogen-bond donors (Lipinski definition) is 14. The van der Waals surface area contributed by atoms with Gasteiger partial charge in [0.2, 0.25) is 35.4 Å². The van der Waals surface area contributed by atoms with E-state index < -0.39 is 209 Å². The van der Waals surface area contributed by atoms with Crippen LogP contribution in [0, 0.1) is 5.92 Å². The quantitative estimate of drug-likeness (QED) is 0.0845. The van der Waals surface area contributed by atoms with Gasteiger partial charge in [-0.2, -0.15) is 0 Å². The van der Waals surface area contributed by atoms with Crippen LogP contribution in [-0.2, 0) is 51.3 Å². The molecule has 83 heavy (non-hydrogen) atoms. The fourth-order valence-corrected chi connectivity index (χ4v) is 9.71. The summed E-state index contributed by atoms with van der Waals surface area (Å²) in [6.45, 7) is 8.01. The van der Waals surface area contributed by atoms with E-state index in [9.17, 15) is 74.7 Å². The molecule has 0 aliphatic carbocycles. The molecule has 1 unspecified atom stereocenters. The zero-order chi connectivity index (χ0) is 61.8. The molecule has 3 fully saturated rings. The lowest BCUT2D eigenvalue weighted by Crippen LogP contribution is -2.64. The largest absolute Gasteiger partial charge is 0.504 e. The molecule has 3 heterocycles. The Kier molecular flexibility index (Phi) is 23.4. The van der Waals surface area contributed by atoms with Crippen LogP contribution in [0.5, 0.6) is 11.5 Å². The number of carbonyl (C=O) groups excluding carboxylic acids is 8. The number of aromatic hydroxyl groups is 1. The summed E-state index contributed by atoms with van der Waals surface area (Å²) in [6, 6.07) is 0.131. The molecule has 8 amide bonds. The van der Waals surface area contributed by atoms with Crippen LogP contribution < -0.4 is 31.3 Å². The molecule has 28 nitrogen and oxygen atoms in total. The second kappa shape index (κ2) is 29.1. The van der Waals surface area contributed by atoms with Gasteiger partial charge < -0.3 is 101 Å². The minimum Gasteiger partial charge on any atom is -0.504 e. The van der Waals surface area contributed by atoms with E-state index in [-0.39, 0.29) is 23.7 Å². The molecule has 2 aromatic rings. The average Bonchev–Trinajstić information content (AvgIpc) is 3.12. The summed E-state index contributed by atoms with van der Waals surface area (Å²) in [5.74, 6) is -8.48. The zero-order valence-corrected chi connectivity index (χ0v) is 47.8. The zero-order valence-electron chi connectivity index (χ0n) is 47.8. The second-order valence-corrected chi connectivity index (χ2v) is 23.2.